The number of nitrogens with two attached hydrogens (primary N) is 1. The molecule has 2 heterocycles. The number of fused-ring (bicyclic) bond motifs is 1. The minimum absolute atomic E-state index is 0.0244. The standard InChI is InChI=1S/C23H27ClN4O3/c1-3-6-19-21(20(30)14-27(2)11-12-29)16-9-10-18(22(25)31)26-23(16)28(19)13-15-7-4-5-8-17(15)24/h4-5,7-10,29H,3,6,11-14H2,1-2H3,(H2,25,31). The number of benzene rings is 1. The number of aromatic nitrogens is 2. The summed E-state index contributed by atoms with van der Waals surface area (Å²) in [6.45, 7) is 3.01. The van der Waals surface area contributed by atoms with Crippen molar-refractivity contribution in [3.05, 3.63) is 63.9 Å². The average molecular weight is 443 g/mol. The van der Waals surface area contributed by atoms with Crippen LogP contribution in [0.2, 0.25) is 5.02 Å². The molecule has 31 heavy (non-hydrogen) atoms. The van der Waals surface area contributed by atoms with Gasteiger partial charge < -0.3 is 15.4 Å². The van der Waals surface area contributed by atoms with Crippen LogP contribution >= 0.6 is 11.6 Å². The molecule has 1 amide bonds. The molecule has 1 aromatic carbocycles. The number of aliphatic hydroxyl groups is 1. The highest BCUT2D eigenvalue weighted by atomic mass is 35.5. The van der Waals surface area contributed by atoms with Crippen molar-refractivity contribution < 1.29 is 14.7 Å². The summed E-state index contributed by atoms with van der Waals surface area (Å²) in [5.74, 6) is -0.684. The van der Waals surface area contributed by atoms with E-state index < -0.39 is 5.91 Å². The van der Waals surface area contributed by atoms with E-state index in [0.29, 0.717) is 41.1 Å². The summed E-state index contributed by atoms with van der Waals surface area (Å²) in [5, 5.41) is 10.5. The Balaban J connectivity index is 2.22. The third-order valence-corrected chi connectivity index (χ3v) is 5.58. The minimum atomic E-state index is -0.625. The van der Waals surface area contributed by atoms with E-state index in [0.717, 1.165) is 17.7 Å². The molecular formula is C23H27ClN4O3. The Hall–Kier alpha value is -2.74. The van der Waals surface area contributed by atoms with E-state index >= 15 is 0 Å². The van der Waals surface area contributed by atoms with Gasteiger partial charge in [0.05, 0.1) is 19.7 Å². The molecule has 0 aliphatic carbocycles. The number of aliphatic hydroxyl groups excluding tert-OH is 1. The topological polar surface area (TPSA) is 101 Å². The zero-order valence-electron chi connectivity index (χ0n) is 17.8. The molecule has 7 nitrogen and oxygen atoms in total. The molecule has 0 radical (unpaired) electrons. The van der Waals surface area contributed by atoms with Crippen molar-refractivity contribution in [3.63, 3.8) is 0 Å². The number of halogens is 1. The fraction of sp³-hybridized carbons (Fsp3) is 0.348. The van der Waals surface area contributed by atoms with Gasteiger partial charge >= 0.3 is 0 Å². The van der Waals surface area contributed by atoms with Crippen LogP contribution in [0.15, 0.2) is 36.4 Å². The molecule has 0 aliphatic rings. The number of amides is 1. The molecule has 3 rings (SSSR count). The largest absolute Gasteiger partial charge is 0.395 e. The van der Waals surface area contributed by atoms with Crippen LogP contribution < -0.4 is 5.73 Å². The second-order valence-corrected chi connectivity index (χ2v) is 7.97. The lowest BCUT2D eigenvalue weighted by atomic mass is 10.0. The predicted molar refractivity (Wildman–Crippen MR) is 122 cm³/mol. The molecule has 3 N–H and O–H groups in total. The number of pyridine rings is 1. The number of hydrogen-bond donors (Lipinski definition) is 2. The molecule has 0 aliphatic heterocycles. The van der Waals surface area contributed by atoms with E-state index in [1.807, 2.05) is 35.8 Å². The summed E-state index contributed by atoms with van der Waals surface area (Å²) in [5.41, 5.74) is 8.48. The summed E-state index contributed by atoms with van der Waals surface area (Å²) in [6.07, 6.45) is 1.49. The first kappa shape index (κ1) is 22.9. The lowest BCUT2D eigenvalue weighted by Gasteiger charge is -2.15. The highest BCUT2D eigenvalue weighted by Gasteiger charge is 2.25. The SMILES string of the molecule is CCCc1c(C(=O)CN(C)CCO)c2ccc(C(N)=O)nc2n1Cc1ccccc1Cl. The van der Waals surface area contributed by atoms with Crippen molar-refractivity contribution in [3.8, 4) is 0 Å². The van der Waals surface area contributed by atoms with Gasteiger partial charge in [0.1, 0.15) is 11.3 Å². The molecule has 0 unspecified atom stereocenters. The van der Waals surface area contributed by atoms with E-state index in [1.54, 1.807) is 24.1 Å². The molecule has 3 aromatic rings. The smallest absolute Gasteiger partial charge is 0.267 e. The zero-order chi connectivity index (χ0) is 22.5. The van der Waals surface area contributed by atoms with Crippen LogP contribution in [0.1, 0.15) is 45.4 Å². The van der Waals surface area contributed by atoms with Crippen LogP contribution in [0.3, 0.4) is 0 Å². The number of ketones is 1. The number of nitrogens with zero attached hydrogens (tertiary/aromatic N) is 3. The maximum absolute atomic E-state index is 13.3. The molecule has 0 spiro atoms. The summed E-state index contributed by atoms with van der Waals surface area (Å²) >= 11 is 6.40. The van der Waals surface area contributed by atoms with E-state index in [9.17, 15) is 14.7 Å². The minimum Gasteiger partial charge on any atom is -0.395 e. The number of Topliss-reactive ketones (excluding diaryl/α,β-unsaturated/α-hetero) is 1. The van der Waals surface area contributed by atoms with Gasteiger partial charge in [-0.25, -0.2) is 4.98 Å². The summed E-state index contributed by atoms with van der Waals surface area (Å²) in [6, 6.07) is 10.8. The fourth-order valence-corrected chi connectivity index (χ4v) is 3.95. The summed E-state index contributed by atoms with van der Waals surface area (Å²) in [4.78, 5) is 31.4. The van der Waals surface area contributed by atoms with Crippen LogP contribution in [-0.2, 0) is 13.0 Å². The Morgan fingerprint density at radius 1 is 1.23 bits per heavy atom. The fourth-order valence-electron chi connectivity index (χ4n) is 3.75. The molecule has 0 atom stereocenters. The second-order valence-electron chi connectivity index (χ2n) is 7.57. The predicted octanol–water partition coefficient (Wildman–Crippen LogP) is 2.90. The van der Waals surface area contributed by atoms with E-state index in [4.69, 9.17) is 17.3 Å². The van der Waals surface area contributed by atoms with Crippen LogP contribution in [0.5, 0.6) is 0 Å². The molecule has 8 heteroatoms. The van der Waals surface area contributed by atoms with Gasteiger partial charge in [-0.1, -0.05) is 43.1 Å². The van der Waals surface area contributed by atoms with Crippen molar-refractivity contribution in [2.45, 2.75) is 26.3 Å². The summed E-state index contributed by atoms with van der Waals surface area (Å²) < 4.78 is 1.96. The lowest BCUT2D eigenvalue weighted by molar-refractivity contribution is 0.0935. The van der Waals surface area contributed by atoms with Gasteiger partial charge in [0, 0.05) is 28.2 Å². The Kier molecular flexibility index (Phi) is 7.43. The monoisotopic (exact) mass is 442 g/mol. The van der Waals surface area contributed by atoms with Gasteiger partial charge in [0.2, 0.25) is 0 Å². The van der Waals surface area contributed by atoms with E-state index in [2.05, 4.69) is 4.98 Å². The maximum Gasteiger partial charge on any atom is 0.267 e. The number of rotatable bonds is 10. The molecule has 0 bridgehead atoms. The molecule has 164 valence electrons. The number of likely N-dealkylation sites (N-methyl/N-ethyl adjacent to an activating group) is 1. The normalized spacial score (nSPS) is 11.4. The van der Waals surface area contributed by atoms with Crippen molar-refractivity contribution in [2.24, 2.45) is 5.73 Å². The van der Waals surface area contributed by atoms with Gasteiger partial charge in [-0.05, 0) is 37.2 Å². The average Bonchev–Trinajstić information content (AvgIpc) is 3.02. The van der Waals surface area contributed by atoms with Gasteiger partial charge in [-0.2, -0.15) is 0 Å². The molecule has 0 fully saturated rings. The Labute approximate surface area is 186 Å². The van der Waals surface area contributed by atoms with Crippen molar-refractivity contribution in [2.75, 3.05) is 26.7 Å². The first-order valence-corrected chi connectivity index (χ1v) is 10.6. The molecule has 0 saturated carbocycles. The van der Waals surface area contributed by atoms with E-state index in [1.165, 1.54) is 0 Å². The van der Waals surface area contributed by atoms with Gasteiger partial charge in [-0.3, -0.25) is 14.5 Å². The molecule has 2 aromatic heterocycles. The van der Waals surface area contributed by atoms with Gasteiger partial charge in [-0.15, -0.1) is 0 Å². The highest BCUT2D eigenvalue weighted by Crippen LogP contribution is 2.29. The zero-order valence-corrected chi connectivity index (χ0v) is 18.5. The van der Waals surface area contributed by atoms with Gasteiger partial charge in [0.25, 0.3) is 5.91 Å². The number of hydrogen-bond acceptors (Lipinski definition) is 5. The van der Waals surface area contributed by atoms with Crippen LogP contribution in [0, 0.1) is 0 Å². The number of carbonyl (C=O) groups excluding carboxylic acids is 2. The molecular weight excluding hydrogens is 416 g/mol. The lowest BCUT2D eigenvalue weighted by Crippen LogP contribution is -2.29. The third-order valence-electron chi connectivity index (χ3n) is 5.21. The maximum atomic E-state index is 13.3. The second kappa shape index (κ2) is 10.0. The Bertz CT molecular complexity index is 1110. The van der Waals surface area contributed by atoms with Gasteiger partial charge in [0.15, 0.2) is 5.78 Å². The number of carbonyl (C=O) groups is 2. The number of primary amides is 1. The van der Waals surface area contributed by atoms with Crippen LogP contribution in [0.25, 0.3) is 11.0 Å². The van der Waals surface area contributed by atoms with Crippen molar-refractivity contribution in [1.29, 1.82) is 0 Å². The Morgan fingerprint density at radius 2 is 1.97 bits per heavy atom. The molecule has 0 saturated heterocycles. The van der Waals surface area contributed by atoms with E-state index in [-0.39, 0.29) is 24.6 Å². The summed E-state index contributed by atoms with van der Waals surface area (Å²) in [7, 11) is 1.79. The van der Waals surface area contributed by atoms with Crippen LogP contribution in [0.4, 0.5) is 0 Å². The van der Waals surface area contributed by atoms with Crippen molar-refractivity contribution >= 4 is 34.3 Å². The van der Waals surface area contributed by atoms with Crippen molar-refractivity contribution in [1.82, 2.24) is 14.5 Å². The first-order valence-electron chi connectivity index (χ1n) is 10.2. The quantitative estimate of drug-likeness (QED) is 0.470. The Morgan fingerprint density at radius 3 is 2.61 bits per heavy atom. The first-order chi connectivity index (χ1) is 14.9. The van der Waals surface area contributed by atoms with Crippen LogP contribution in [-0.4, -0.2) is 58.0 Å². The third kappa shape index (κ3) is 4.95. The highest BCUT2D eigenvalue weighted by molar-refractivity contribution is 6.31.